The summed E-state index contributed by atoms with van der Waals surface area (Å²) in [6.07, 6.45) is 0. The average Bonchev–Trinajstić information content (AvgIpc) is 2.84. The molecular formula is C24H25ClN4O3. The molecule has 0 N–H and O–H groups in total. The Labute approximate surface area is 192 Å². The molecule has 0 unspecified atom stereocenters. The van der Waals surface area contributed by atoms with E-state index in [2.05, 4.69) is 15.1 Å². The maximum Gasteiger partial charge on any atom is 0.260 e. The van der Waals surface area contributed by atoms with Crippen molar-refractivity contribution in [3.63, 3.8) is 0 Å². The molecule has 0 spiro atoms. The van der Waals surface area contributed by atoms with Gasteiger partial charge in [0.25, 0.3) is 5.91 Å². The summed E-state index contributed by atoms with van der Waals surface area (Å²) in [5.74, 6) is 2.09. The van der Waals surface area contributed by atoms with Crippen LogP contribution in [-0.2, 0) is 4.79 Å². The van der Waals surface area contributed by atoms with Gasteiger partial charge in [0.2, 0.25) is 0 Å². The number of methoxy groups -OCH3 is 1. The highest BCUT2D eigenvalue weighted by Crippen LogP contribution is 2.25. The van der Waals surface area contributed by atoms with Gasteiger partial charge in [-0.3, -0.25) is 4.79 Å². The highest BCUT2D eigenvalue weighted by molar-refractivity contribution is 6.32. The van der Waals surface area contributed by atoms with Crippen LogP contribution in [0.2, 0.25) is 5.02 Å². The third kappa shape index (κ3) is 5.11. The molecule has 0 saturated carbocycles. The highest BCUT2D eigenvalue weighted by Gasteiger charge is 2.22. The number of aryl methyl sites for hydroxylation is 1. The Balaban J connectivity index is 1.30. The first-order valence-electron chi connectivity index (χ1n) is 10.4. The maximum absolute atomic E-state index is 12.6. The number of aromatic nitrogens is 2. The number of amides is 1. The Morgan fingerprint density at radius 3 is 2.41 bits per heavy atom. The van der Waals surface area contributed by atoms with Crippen LogP contribution >= 0.6 is 11.6 Å². The van der Waals surface area contributed by atoms with Crippen molar-refractivity contribution in [1.29, 1.82) is 0 Å². The van der Waals surface area contributed by atoms with Crippen LogP contribution in [0.3, 0.4) is 0 Å². The van der Waals surface area contributed by atoms with Crippen molar-refractivity contribution in [2.45, 2.75) is 6.92 Å². The summed E-state index contributed by atoms with van der Waals surface area (Å²) < 4.78 is 10.8. The van der Waals surface area contributed by atoms with Crippen LogP contribution in [0.1, 0.15) is 5.56 Å². The molecule has 1 aliphatic heterocycles. The van der Waals surface area contributed by atoms with Crippen molar-refractivity contribution in [3.8, 4) is 22.8 Å². The number of hydrogen-bond donors (Lipinski definition) is 0. The van der Waals surface area contributed by atoms with Crippen molar-refractivity contribution in [2.24, 2.45) is 0 Å². The fraction of sp³-hybridized carbons (Fsp3) is 0.292. The van der Waals surface area contributed by atoms with Gasteiger partial charge in [-0.25, -0.2) is 0 Å². The summed E-state index contributed by atoms with van der Waals surface area (Å²) in [6, 6.07) is 17.2. The summed E-state index contributed by atoms with van der Waals surface area (Å²) in [5, 5.41) is 9.26. The number of halogens is 1. The van der Waals surface area contributed by atoms with E-state index in [1.54, 1.807) is 18.1 Å². The Hall–Kier alpha value is -3.32. The summed E-state index contributed by atoms with van der Waals surface area (Å²) in [7, 11) is 1.64. The molecule has 0 atom stereocenters. The third-order valence-electron chi connectivity index (χ3n) is 5.43. The lowest BCUT2D eigenvalue weighted by molar-refractivity contribution is -0.133. The molecule has 8 heteroatoms. The molecule has 2 aromatic carbocycles. The molecule has 1 aliphatic rings. The van der Waals surface area contributed by atoms with E-state index in [1.807, 2.05) is 55.5 Å². The Bertz CT molecular complexity index is 1070. The van der Waals surface area contributed by atoms with Gasteiger partial charge in [-0.15, -0.1) is 10.2 Å². The molecule has 2 heterocycles. The minimum absolute atomic E-state index is 0.0282. The molecule has 0 aliphatic carbocycles. The number of rotatable bonds is 6. The Morgan fingerprint density at radius 2 is 1.75 bits per heavy atom. The second kappa shape index (κ2) is 9.87. The van der Waals surface area contributed by atoms with E-state index in [0.717, 1.165) is 28.4 Å². The van der Waals surface area contributed by atoms with E-state index in [0.29, 0.717) is 37.0 Å². The average molecular weight is 453 g/mol. The second-order valence-electron chi connectivity index (χ2n) is 7.60. The fourth-order valence-corrected chi connectivity index (χ4v) is 3.72. The molecule has 7 nitrogen and oxygen atoms in total. The van der Waals surface area contributed by atoms with Gasteiger partial charge in [-0.1, -0.05) is 17.7 Å². The van der Waals surface area contributed by atoms with Gasteiger partial charge in [0.15, 0.2) is 12.4 Å². The minimum atomic E-state index is -0.0526. The van der Waals surface area contributed by atoms with Crippen LogP contribution in [0.4, 0.5) is 5.82 Å². The number of anilines is 1. The van der Waals surface area contributed by atoms with E-state index < -0.39 is 0 Å². The van der Waals surface area contributed by atoms with Crippen molar-refractivity contribution >= 4 is 23.3 Å². The Morgan fingerprint density at radius 1 is 1.00 bits per heavy atom. The number of piperazine rings is 1. The molecule has 1 amide bonds. The first kappa shape index (κ1) is 21.9. The van der Waals surface area contributed by atoms with Gasteiger partial charge in [-0.05, 0) is 61.0 Å². The van der Waals surface area contributed by atoms with E-state index >= 15 is 0 Å². The summed E-state index contributed by atoms with van der Waals surface area (Å²) in [5.41, 5.74) is 2.82. The first-order valence-corrected chi connectivity index (χ1v) is 10.8. The summed E-state index contributed by atoms with van der Waals surface area (Å²) >= 11 is 6.14. The monoisotopic (exact) mass is 452 g/mol. The van der Waals surface area contributed by atoms with Gasteiger partial charge in [0.05, 0.1) is 17.8 Å². The molecule has 32 heavy (non-hydrogen) atoms. The second-order valence-corrected chi connectivity index (χ2v) is 8.00. The molecule has 0 bridgehead atoms. The van der Waals surface area contributed by atoms with Gasteiger partial charge in [0, 0.05) is 31.7 Å². The number of ether oxygens (including phenoxy) is 2. The lowest BCUT2D eigenvalue weighted by atomic mass is 10.1. The number of carbonyl (C=O) groups is 1. The lowest BCUT2D eigenvalue weighted by Crippen LogP contribution is -2.50. The van der Waals surface area contributed by atoms with Crippen LogP contribution in [0, 0.1) is 6.92 Å². The van der Waals surface area contributed by atoms with E-state index in [4.69, 9.17) is 21.1 Å². The molecule has 0 radical (unpaired) electrons. The number of hydrogen-bond acceptors (Lipinski definition) is 6. The molecule has 3 aromatic rings. The molecule has 1 fully saturated rings. The predicted molar refractivity (Wildman–Crippen MR) is 124 cm³/mol. The third-order valence-corrected chi connectivity index (χ3v) is 5.74. The zero-order valence-electron chi connectivity index (χ0n) is 18.1. The van der Waals surface area contributed by atoms with E-state index in [9.17, 15) is 4.79 Å². The normalized spacial score (nSPS) is 13.7. The van der Waals surface area contributed by atoms with Gasteiger partial charge in [-0.2, -0.15) is 0 Å². The molecule has 1 aromatic heterocycles. The van der Waals surface area contributed by atoms with Gasteiger partial charge < -0.3 is 19.3 Å². The van der Waals surface area contributed by atoms with Crippen molar-refractivity contribution in [3.05, 3.63) is 65.2 Å². The van der Waals surface area contributed by atoms with Gasteiger partial charge in [0.1, 0.15) is 11.5 Å². The van der Waals surface area contributed by atoms with Crippen LogP contribution in [-0.4, -0.2) is 60.9 Å². The predicted octanol–water partition coefficient (Wildman–Crippen LogP) is 3.84. The molecular weight excluding hydrogens is 428 g/mol. The number of carbonyl (C=O) groups excluding carboxylic acids is 1. The smallest absolute Gasteiger partial charge is 0.260 e. The van der Waals surface area contributed by atoms with E-state index in [1.165, 1.54) is 0 Å². The fourth-order valence-electron chi connectivity index (χ4n) is 3.55. The van der Waals surface area contributed by atoms with Crippen molar-refractivity contribution in [1.82, 2.24) is 15.1 Å². The summed E-state index contributed by atoms with van der Waals surface area (Å²) in [4.78, 5) is 16.5. The van der Waals surface area contributed by atoms with E-state index in [-0.39, 0.29) is 12.5 Å². The quantitative estimate of drug-likeness (QED) is 0.566. The van der Waals surface area contributed by atoms with Gasteiger partial charge >= 0.3 is 0 Å². The van der Waals surface area contributed by atoms with Crippen LogP contribution < -0.4 is 14.4 Å². The molecule has 4 rings (SSSR count). The van der Waals surface area contributed by atoms with Crippen LogP contribution in [0.5, 0.6) is 11.5 Å². The lowest BCUT2D eigenvalue weighted by Gasteiger charge is -2.35. The van der Waals surface area contributed by atoms with Crippen LogP contribution in [0.25, 0.3) is 11.3 Å². The summed E-state index contributed by atoms with van der Waals surface area (Å²) in [6.45, 7) is 4.51. The number of benzene rings is 2. The largest absolute Gasteiger partial charge is 0.497 e. The highest BCUT2D eigenvalue weighted by atomic mass is 35.5. The van der Waals surface area contributed by atoms with Crippen LogP contribution in [0.15, 0.2) is 54.6 Å². The van der Waals surface area contributed by atoms with Crippen molar-refractivity contribution in [2.75, 3.05) is 44.8 Å². The minimum Gasteiger partial charge on any atom is -0.497 e. The topological polar surface area (TPSA) is 67.8 Å². The molecule has 1 saturated heterocycles. The maximum atomic E-state index is 12.6. The number of nitrogens with zero attached hydrogens (tertiary/aromatic N) is 4. The van der Waals surface area contributed by atoms with Crippen molar-refractivity contribution < 1.29 is 14.3 Å². The zero-order valence-corrected chi connectivity index (χ0v) is 18.9. The SMILES string of the molecule is COc1ccc(-c2ccc(N3CCN(C(=O)COc4cc(C)ccc4Cl)CC3)nn2)cc1. The standard InChI is InChI=1S/C24H25ClN4O3/c1-17-3-8-20(25)22(15-17)32-16-24(30)29-13-11-28(12-14-29)23-10-9-21(26-27-23)18-4-6-19(31-2)7-5-18/h3-10,15H,11-14,16H2,1-2H3. The zero-order chi connectivity index (χ0) is 22.5. The molecule has 166 valence electrons. The Kier molecular flexibility index (Phi) is 6.75. The first-order chi connectivity index (χ1) is 15.5.